The Morgan fingerprint density at radius 3 is 2.00 bits per heavy atom. The minimum Gasteiger partial charge on any atom is -0.372 e. The van der Waals surface area contributed by atoms with Crippen LogP contribution in [0.2, 0.25) is 5.02 Å². The summed E-state index contributed by atoms with van der Waals surface area (Å²) < 4.78 is 53.3. The largest absolute Gasteiger partial charge is 0.372 e. The van der Waals surface area contributed by atoms with E-state index in [0.29, 0.717) is 22.9 Å². The van der Waals surface area contributed by atoms with Gasteiger partial charge in [0.25, 0.3) is 10.0 Å². The van der Waals surface area contributed by atoms with Crippen molar-refractivity contribution in [3.8, 4) is 0 Å². The van der Waals surface area contributed by atoms with Crippen molar-refractivity contribution >= 4 is 43.0 Å². The predicted octanol–water partition coefficient (Wildman–Crippen LogP) is 2.85. The standard InChI is InChI=1S/C17H22ClN3O4S2/c1-5-21(4)17-15(18)7-6-8-16(17)19-26(22,23)13-9-11-14(12-10-13)27(24,25)20(2)3/h6-12,19H,5H2,1-4H3. The Morgan fingerprint density at radius 2 is 1.48 bits per heavy atom. The lowest BCUT2D eigenvalue weighted by molar-refractivity contribution is 0.520. The molecule has 1 N–H and O–H groups in total. The number of nitrogens with one attached hydrogen (secondary N) is 1. The van der Waals surface area contributed by atoms with Crippen molar-refractivity contribution in [1.82, 2.24) is 4.31 Å². The molecule has 0 heterocycles. The van der Waals surface area contributed by atoms with Crippen LogP contribution in [0.4, 0.5) is 11.4 Å². The zero-order valence-corrected chi connectivity index (χ0v) is 17.9. The monoisotopic (exact) mass is 431 g/mol. The normalized spacial score (nSPS) is 12.2. The fourth-order valence-electron chi connectivity index (χ4n) is 2.35. The summed E-state index contributed by atoms with van der Waals surface area (Å²) in [5.74, 6) is 0. The summed E-state index contributed by atoms with van der Waals surface area (Å²) >= 11 is 6.23. The predicted molar refractivity (Wildman–Crippen MR) is 109 cm³/mol. The van der Waals surface area contributed by atoms with E-state index in [-0.39, 0.29) is 9.79 Å². The molecule has 0 saturated heterocycles. The summed E-state index contributed by atoms with van der Waals surface area (Å²) in [5.41, 5.74) is 0.911. The third-order valence-corrected chi connectivity index (χ3v) is 7.52. The summed E-state index contributed by atoms with van der Waals surface area (Å²) in [5, 5.41) is 0.423. The van der Waals surface area contributed by atoms with E-state index in [1.807, 2.05) is 11.8 Å². The molecule has 7 nitrogen and oxygen atoms in total. The Balaban J connectivity index is 2.40. The number of benzene rings is 2. The van der Waals surface area contributed by atoms with Gasteiger partial charge in [0.05, 0.1) is 26.2 Å². The van der Waals surface area contributed by atoms with Crippen LogP contribution in [-0.2, 0) is 20.0 Å². The third kappa shape index (κ3) is 4.55. The Labute approximate surface area is 165 Å². The number of anilines is 2. The van der Waals surface area contributed by atoms with Crippen LogP contribution in [0, 0.1) is 0 Å². The lowest BCUT2D eigenvalue weighted by Crippen LogP contribution is -2.22. The molecule has 0 bridgehead atoms. The molecule has 0 aromatic heterocycles. The average molecular weight is 432 g/mol. The maximum atomic E-state index is 12.7. The highest BCUT2D eigenvalue weighted by molar-refractivity contribution is 7.92. The van der Waals surface area contributed by atoms with Gasteiger partial charge < -0.3 is 4.90 Å². The fourth-order valence-corrected chi connectivity index (χ4v) is 4.64. The topological polar surface area (TPSA) is 86.8 Å². The van der Waals surface area contributed by atoms with Crippen LogP contribution in [-0.4, -0.2) is 48.8 Å². The summed E-state index contributed by atoms with van der Waals surface area (Å²) in [6, 6.07) is 10.00. The highest BCUT2D eigenvalue weighted by Gasteiger charge is 2.21. The molecule has 0 saturated carbocycles. The van der Waals surface area contributed by atoms with E-state index in [1.165, 1.54) is 38.4 Å². The van der Waals surface area contributed by atoms with E-state index < -0.39 is 20.0 Å². The molecule has 0 aliphatic rings. The molecular weight excluding hydrogens is 410 g/mol. The van der Waals surface area contributed by atoms with Gasteiger partial charge in [0, 0.05) is 27.7 Å². The van der Waals surface area contributed by atoms with Crippen molar-refractivity contribution in [2.45, 2.75) is 16.7 Å². The van der Waals surface area contributed by atoms with Gasteiger partial charge in [-0.2, -0.15) is 0 Å². The first-order valence-electron chi connectivity index (χ1n) is 8.05. The first-order valence-corrected chi connectivity index (χ1v) is 11.4. The van der Waals surface area contributed by atoms with Gasteiger partial charge in [-0.05, 0) is 43.3 Å². The number of halogens is 1. The molecular formula is C17H22ClN3O4S2. The Hall–Kier alpha value is -1.81. The summed E-state index contributed by atoms with van der Waals surface area (Å²) in [7, 11) is -2.93. The number of nitrogens with zero attached hydrogens (tertiary/aromatic N) is 2. The van der Waals surface area contributed by atoms with Crippen molar-refractivity contribution in [3.63, 3.8) is 0 Å². The molecule has 0 spiro atoms. The van der Waals surface area contributed by atoms with E-state index in [9.17, 15) is 16.8 Å². The van der Waals surface area contributed by atoms with Crippen molar-refractivity contribution in [3.05, 3.63) is 47.5 Å². The summed E-state index contributed by atoms with van der Waals surface area (Å²) in [6.07, 6.45) is 0. The van der Waals surface area contributed by atoms with E-state index in [4.69, 9.17) is 11.6 Å². The van der Waals surface area contributed by atoms with E-state index in [0.717, 1.165) is 4.31 Å². The minimum atomic E-state index is -3.92. The number of hydrogen-bond donors (Lipinski definition) is 1. The Morgan fingerprint density at radius 1 is 0.926 bits per heavy atom. The van der Waals surface area contributed by atoms with Crippen LogP contribution < -0.4 is 9.62 Å². The molecule has 10 heteroatoms. The SMILES string of the molecule is CCN(C)c1c(Cl)cccc1NS(=O)(=O)c1ccc(S(=O)(=O)N(C)C)cc1. The van der Waals surface area contributed by atoms with Crippen molar-refractivity contribution in [1.29, 1.82) is 0 Å². The molecule has 0 aliphatic heterocycles. The van der Waals surface area contributed by atoms with Crippen LogP contribution >= 0.6 is 11.6 Å². The second-order valence-corrected chi connectivity index (χ2v) is 10.3. The second kappa shape index (κ2) is 8.05. The van der Waals surface area contributed by atoms with E-state index in [2.05, 4.69) is 4.72 Å². The molecule has 0 atom stereocenters. The number of hydrogen-bond acceptors (Lipinski definition) is 5. The molecule has 0 unspecified atom stereocenters. The van der Waals surface area contributed by atoms with Gasteiger partial charge in [-0.1, -0.05) is 17.7 Å². The summed E-state index contributed by atoms with van der Waals surface area (Å²) in [6.45, 7) is 2.56. The highest BCUT2D eigenvalue weighted by atomic mass is 35.5. The number of para-hydroxylation sites is 1. The molecule has 148 valence electrons. The van der Waals surface area contributed by atoms with Gasteiger partial charge in [-0.15, -0.1) is 0 Å². The van der Waals surface area contributed by atoms with Gasteiger partial charge in [0.2, 0.25) is 10.0 Å². The van der Waals surface area contributed by atoms with Crippen LogP contribution in [0.1, 0.15) is 6.92 Å². The van der Waals surface area contributed by atoms with Crippen LogP contribution in [0.25, 0.3) is 0 Å². The Kier molecular flexibility index (Phi) is 6.41. The minimum absolute atomic E-state index is 0.0145. The van der Waals surface area contributed by atoms with E-state index >= 15 is 0 Å². The van der Waals surface area contributed by atoms with Gasteiger partial charge in [0.1, 0.15) is 0 Å². The molecule has 2 rings (SSSR count). The second-order valence-electron chi connectivity index (χ2n) is 6.01. The third-order valence-electron chi connectivity index (χ3n) is 4.00. The molecule has 2 aromatic carbocycles. The zero-order chi connectivity index (χ0) is 20.4. The maximum absolute atomic E-state index is 12.7. The molecule has 27 heavy (non-hydrogen) atoms. The quantitative estimate of drug-likeness (QED) is 0.728. The Bertz CT molecular complexity index is 1020. The van der Waals surface area contributed by atoms with Gasteiger partial charge >= 0.3 is 0 Å². The molecule has 0 fully saturated rings. The maximum Gasteiger partial charge on any atom is 0.261 e. The zero-order valence-electron chi connectivity index (χ0n) is 15.5. The molecule has 2 aromatic rings. The highest BCUT2D eigenvalue weighted by Crippen LogP contribution is 2.34. The first-order chi connectivity index (χ1) is 12.5. The molecule has 0 aliphatic carbocycles. The molecule has 0 amide bonds. The fraction of sp³-hybridized carbons (Fsp3) is 0.294. The summed E-state index contributed by atoms with van der Waals surface area (Å²) in [4.78, 5) is 1.79. The van der Waals surface area contributed by atoms with Gasteiger partial charge in [-0.3, -0.25) is 4.72 Å². The van der Waals surface area contributed by atoms with E-state index in [1.54, 1.807) is 25.2 Å². The van der Waals surface area contributed by atoms with Crippen molar-refractivity contribution < 1.29 is 16.8 Å². The first kappa shape index (κ1) is 21.5. The van der Waals surface area contributed by atoms with Gasteiger partial charge in [0.15, 0.2) is 0 Å². The smallest absolute Gasteiger partial charge is 0.261 e. The van der Waals surface area contributed by atoms with Crippen molar-refractivity contribution in [2.75, 3.05) is 37.3 Å². The lowest BCUT2D eigenvalue weighted by Gasteiger charge is -2.22. The van der Waals surface area contributed by atoms with Crippen LogP contribution in [0.5, 0.6) is 0 Å². The number of rotatable bonds is 7. The van der Waals surface area contributed by atoms with Crippen molar-refractivity contribution in [2.24, 2.45) is 0 Å². The van der Waals surface area contributed by atoms with Gasteiger partial charge in [-0.25, -0.2) is 21.1 Å². The van der Waals surface area contributed by atoms with Crippen LogP contribution in [0.15, 0.2) is 52.3 Å². The number of sulfonamides is 2. The average Bonchev–Trinajstić information content (AvgIpc) is 2.61. The molecule has 0 radical (unpaired) electrons. The van der Waals surface area contributed by atoms with Crippen LogP contribution in [0.3, 0.4) is 0 Å². The lowest BCUT2D eigenvalue weighted by atomic mass is 10.2.